The Labute approximate surface area is 175 Å². The maximum Gasteiger partial charge on any atom is 0.237 e. The number of nitrogens with one attached hydrogen (secondary N) is 3. The van der Waals surface area contributed by atoms with Crippen molar-refractivity contribution in [3.8, 4) is 0 Å². The van der Waals surface area contributed by atoms with E-state index in [1.54, 1.807) is 6.92 Å². The number of thioether (sulfide) groups is 1. The Balaban J connectivity index is 0.00000392. The monoisotopic (exact) mass is 425 g/mol. The summed E-state index contributed by atoms with van der Waals surface area (Å²) in [5, 5.41) is 8.45. The number of para-hydroxylation sites is 1. The van der Waals surface area contributed by atoms with Gasteiger partial charge in [0.05, 0.1) is 11.0 Å². The highest BCUT2D eigenvalue weighted by molar-refractivity contribution is 8.01. The third-order valence-corrected chi connectivity index (χ3v) is 4.95. The lowest BCUT2D eigenvalue weighted by atomic mass is 10.1. The first-order valence-corrected chi connectivity index (χ1v) is 9.81. The molecule has 1 atom stereocenters. The molecule has 28 heavy (non-hydrogen) atoms. The zero-order valence-electron chi connectivity index (χ0n) is 15.8. The van der Waals surface area contributed by atoms with Crippen LogP contribution in [0.1, 0.15) is 19.4 Å². The summed E-state index contributed by atoms with van der Waals surface area (Å²) in [7, 11) is 0. The molecule has 2 aromatic carbocycles. The fourth-order valence-electron chi connectivity index (χ4n) is 2.30. The van der Waals surface area contributed by atoms with Crippen LogP contribution in [-0.2, 0) is 16.1 Å². The van der Waals surface area contributed by atoms with Gasteiger partial charge in [-0.3, -0.25) is 9.59 Å². The summed E-state index contributed by atoms with van der Waals surface area (Å²) in [6.07, 6.45) is 0. The second kappa shape index (κ2) is 12.4. The zero-order valence-corrected chi connectivity index (χ0v) is 17.5. The lowest BCUT2D eigenvalue weighted by Gasteiger charge is -2.15. The number of anilines is 2. The molecular formula is C20H25ClFN3O2S. The molecule has 2 rings (SSSR count). The minimum absolute atomic E-state index is 0. The van der Waals surface area contributed by atoms with Crippen LogP contribution in [0.25, 0.3) is 0 Å². The van der Waals surface area contributed by atoms with E-state index in [0.29, 0.717) is 12.2 Å². The van der Waals surface area contributed by atoms with E-state index in [1.165, 1.54) is 36.0 Å². The van der Waals surface area contributed by atoms with E-state index in [1.807, 2.05) is 31.2 Å². The SMILES string of the molecule is CCNCc1ccccc1NC(=O)C(C)SCC(=O)Nc1ccc(F)cc1.Cl. The predicted molar refractivity (Wildman–Crippen MR) is 117 cm³/mol. The average Bonchev–Trinajstić information content (AvgIpc) is 2.67. The van der Waals surface area contributed by atoms with Crippen molar-refractivity contribution in [1.29, 1.82) is 0 Å². The molecule has 0 radical (unpaired) electrons. The maximum absolute atomic E-state index is 12.9. The summed E-state index contributed by atoms with van der Waals surface area (Å²) >= 11 is 1.24. The summed E-state index contributed by atoms with van der Waals surface area (Å²) in [5.41, 5.74) is 2.31. The molecule has 0 saturated carbocycles. The smallest absolute Gasteiger partial charge is 0.237 e. The standard InChI is InChI=1S/C20H24FN3O2S.ClH/c1-3-22-12-15-6-4-5-7-18(15)24-20(26)14(2)27-13-19(25)23-17-10-8-16(21)9-11-17;/h4-11,14,22H,3,12-13H2,1-2H3,(H,23,25)(H,24,26);1H. The Hall–Kier alpha value is -2.09. The fraction of sp³-hybridized carbons (Fsp3) is 0.300. The van der Waals surface area contributed by atoms with Crippen LogP contribution >= 0.6 is 24.2 Å². The molecule has 0 aliphatic rings. The van der Waals surface area contributed by atoms with Crippen molar-refractivity contribution in [1.82, 2.24) is 5.32 Å². The quantitative estimate of drug-likeness (QED) is 0.566. The van der Waals surface area contributed by atoms with E-state index in [9.17, 15) is 14.0 Å². The lowest BCUT2D eigenvalue weighted by Crippen LogP contribution is -2.26. The van der Waals surface area contributed by atoms with Gasteiger partial charge >= 0.3 is 0 Å². The van der Waals surface area contributed by atoms with Gasteiger partial charge in [0.2, 0.25) is 11.8 Å². The highest BCUT2D eigenvalue weighted by Crippen LogP contribution is 2.18. The number of amides is 2. The number of benzene rings is 2. The van der Waals surface area contributed by atoms with Crippen molar-refractivity contribution in [3.63, 3.8) is 0 Å². The van der Waals surface area contributed by atoms with Crippen molar-refractivity contribution < 1.29 is 14.0 Å². The Morgan fingerprint density at radius 2 is 1.75 bits per heavy atom. The molecular weight excluding hydrogens is 401 g/mol. The Morgan fingerprint density at radius 3 is 2.43 bits per heavy atom. The topological polar surface area (TPSA) is 70.2 Å². The van der Waals surface area contributed by atoms with Crippen molar-refractivity contribution in [3.05, 3.63) is 59.9 Å². The average molecular weight is 426 g/mol. The third-order valence-electron chi connectivity index (χ3n) is 3.80. The van der Waals surface area contributed by atoms with Crippen molar-refractivity contribution >= 4 is 47.4 Å². The number of carbonyl (C=O) groups is 2. The summed E-state index contributed by atoms with van der Waals surface area (Å²) in [6, 6.07) is 13.2. The van der Waals surface area contributed by atoms with Crippen molar-refractivity contribution in [2.75, 3.05) is 22.9 Å². The van der Waals surface area contributed by atoms with Crippen LogP contribution in [-0.4, -0.2) is 29.4 Å². The highest BCUT2D eigenvalue weighted by atomic mass is 35.5. The molecule has 152 valence electrons. The van der Waals surface area contributed by atoms with Gasteiger partial charge in [0.15, 0.2) is 0 Å². The predicted octanol–water partition coefficient (Wildman–Crippen LogP) is 4.06. The highest BCUT2D eigenvalue weighted by Gasteiger charge is 2.16. The van der Waals surface area contributed by atoms with Crippen molar-refractivity contribution in [2.24, 2.45) is 0 Å². The van der Waals surface area contributed by atoms with Crippen LogP contribution in [0.4, 0.5) is 15.8 Å². The Bertz CT molecular complexity index is 774. The van der Waals surface area contributed by atoms with Crippen LogP contribution in [0, 0.1) is 5.82 Å². The van der Waals surface area contributed by atoms with E-state index < -0.39 is 5.25 Å². The molecule has 8 heteroatoms. The molecule has 0 aliphatic heterocycles. The van der Waals surface area contributed by atoms with Crippen LogP contribution < -0.4 is 16.0 Å². The van der Waals surface area contributed by atoms with Crippen LogP contribution in [0.5, 0.6) is 0 Å². The van der Waals surface area contributed by atoms with Gasteiger partial charge in [-0.1, -0.05) is 25.1 Å². The van der Waals surface area contributed by atoms with E-state index in [2.05, 4.69) is 16.0 Å². The van der Waals surface area contributed by atoms with Gasteiger partial charge in [-0.25, -0.2) is 4.39 Å². The minimum Gasteiger partial charge on any atom is -0.325 e. The molecule has 2 amide bonds. The number of halogens is 2. The van der Waals surface area contributed by atoms with E-state index >= 15 is 0 Å². The molecule has 0 spiro atoms. The second-order valence-electron chi connectivity index (χ2n) is 5.94. The lowest BCUT2D eigenvalue weighted by molar-refractivity contribution is -0.115. The molecule has 0 bridgehead atoms. The van der Waals surface area contributed by atoms with Gasteiger partial charge in [0, 0.05) is 17.9 Å². The van der Waals surface area contributed by atoms with Crippen LogP contribution in [0.3, 0.4) is 0 Å². The fourth-order valence-corrected chi connectivity index (χ4v) is 2.98. The summed E-state index contributed by atoms with van der Waals surface area (Å²) in [6.45, 7) is 5.31. The maximum atomic E-state index is 12.9. The number of carbonyl (C=O) groups excluding carboxylic acids is 2. The van der Waals surface area contributed by atoms with Gasteiger partial charge in [0.25, 0.3) is 0 Å². The van der Waals surface area contributed by atoms with Gasteiger partial charge in [-0.2, -0.15) is 0 Å². The molecule has 0 aliphatic carbocycles. The molecule has 2 aromatic rings. The van der Waals surface area contributed by atoms with Crippen molar-refractivity contribution in [2.45, 2.75) is 25.6 Å². The Kier molecular flexibility index (Phi) is 10.6. The van der Waals surface area contributed by atoms with E-state index in [-0.39, 0.29) is 35.8 Å². The summed E-state index contributed by atoms with van der Waals surface area (Å²) in [5.74, 6) is -0.621. The second-order valence-corrected chi connectivity index (χ2v) is 7.26. The summed E-state index contributed by atoms with van der Waals surface area (Å²) < 4.78 is 12.9. The number of hydrogen-bond acceptors (Lipinski definition) is 4. The third kappa shape index (κ3) is 7.88. The first-order valence-electron chi connectivity index (χ1n) is 8.76. The van der Waals surface area contributed by atoms with E-state index in [4.69, 9.17) is 0 Å². The molecule has 0 fully saturated rings. The largest absolute Gasteiger partial charge is 0.325 e. The van der Waals surface area contributed by atoms with Gasteiger partial charge < -0.3 is 16.0 Å². The normalized spacial score (nSPS) is 11.2. The minimum atomic E-state index is -0.392. The molecule has 0 heterocycles. The van der Waals surface area contributed by atoms with Gasteiger partial charge in [-0.05, 0) is 49.4 Å². The number of rotatable bonds is 9. The molecule has 0 saturated heterocycles. The Morgan fingerprint density at radius 1 is 1.07 bits per heavy atom. The molecule has 1 unspecified atom stereocenters. The zero-order chi connectivity index (χ0) is 19.6. The van der Waals surface area contributed by atoms with Gasteiger partial charge in [0.1, 0.15) is 5.82 Å². The number of hydrogen-bond donors (Lipinski definition) is 3. The van der Waals surface area contributed by atoms with Gasteiger partial charge in [-0.15, -0.1) is 24.2 Å². The first kappa shape index (κ1) is 23.9. The van der Waals surface area contributed by atoms with Crippen LogP contribution in [0.2, 0.25) is 0 Å². The molecule has 0 aromatic heterocycles. The summed E-state index contributed by atoms with van der Waals surface area (Å²) in [4.78, 5) is 24.4. The van der Waals surface area contributed by atoms with E-state index in [0.717, 1.165) is 17.8 Å². The first-order chi connectivity index (χ1) is 13.0. The molecule has 3 N–H and O–H groups in total. The molecule has 5 nitrogen and oxygen atoms in total. The van der Waals surface area contributed by atoms with Crippen LogP contribution in [0.15, 0.2) is 48.5 Å².